The highest BCUT2D eigenvalue weighted by atomic mass is 32.1. The van der Waals surface area contributed by atoms with Crippen LogP contribution in [0.15, 0.2) is 18.2 Å². The molecule has 1 rings (SSSR count). The highest BCUT2D eigenvalue weighted by molar-refractivity contribution is 7.80. The fraction of sp³-hybridized carbons (Fsp3) is 0.400. The first-order valence-electron chi connectivity index (χ1n) is 4.80. The summed E-state index contributed by atoms with van der Waals surface area (Å²) >= 11 is 3.83. The molecule has 0 aliphatic rings. The minimum absolute atomic E-state index is 0.00443. The molecular weight excluding hydrogens is 246 g/mol. The van der Waals surface area contributed by atoms with Gasteiger partial charge in [-0.25, -0.2) is 0 Å². The normalized spacial score (nSPS) is 14.1. The fourth-order valence-electron chi connectivity index (χ4n) is 1.37. The van der Waals surface area contributed by atoms with Gasteiger partial charge in [0.05, 0.1) is 23.7 Å². The Hall–Kier alpha value is -1.31. The van der Waals surface area contributed by atoms with Crippen molar-refractivity contribution in [2.75, 3.05) is 12.9 Å². The standard InChI is InChI=1S/C10H13NO5S/c1-16-6-2-3-8(11(14)15)7(4-6)10(13)9(12)5-17/h2-4,9-10,12-13,17H,5H2,1H3. The van der Waals surface area contributed by atoms with E-state index in [4.69, 9.17) is 4.74 Å². The molecule has 0 aliphatic carbocycles. The lowest BCUT2D eigenvalue weighted by atomic mass is 10.0. The zero-order valence-electron chi connectivity index (χ0n) is 9.11. The molecule has 0 fully saturated rings. The lowest BCUT2D eigenvalue weighted by Crippen LogP contribution is -2.20. The van der Waals surface area contributed by atoms with E-state index in [9.17, 15) is 20.3 Å². The molecule has 2 atom stereocenters. The van der Waals surface area contributed by atoms with Crippen LogP contribution in [0.5, 0.6) is 5.75 Å². The number of nitro benzene ring substituents is 1. The molecule has 0 saturated carbocycles. The minimum atomic E-state index is -1.37. The minimum Gasteiger partial charge on any atom is -0.497 e. The number of aliphatic hydroxyl groups excluding tert-OH is 2. The van der Waals surface area contributed by atoms with Crippen molar-refractivity contribution in [3.05, 3.63) is 33.9 Å². The zero-order valence-corrected chi connectivity index (χ0v) is 10.0. The Morgan fingerprint density at radius 2 is 2.18 bits per heavy atom. The van der Waals surface area contributed by atoms with E-state index in [1.165, 1.54) is 25.3 Å². The maximum Gasteiger partial charge on any atom is 0.275 e. The third-order valence-electron chi connectivity index (χ3n) is 2.30. The van der Waals surface area contributed by atoms with Crippen LogP contribution < -0.4 is 4.74 Å². The molecule has 6 nitrogen and oxygen atoms in total. The molecule has 0 amide bonds. The zero-order chi connectivity index (χ0) is 13.0. The van der Waals surface area contributed by atoms with E-state index >= 15 is 0 Å². The first-order chi connectivity index (χ1) is 8.01. The van der Waals surface area contributed by atoms with Gasteiger partial charge in [-0.3, -0.25) is 10.1 Å². The van der Waals surface area contributed by atoms with Crippen molar-refractivity contribution in [2.24, 2.45) is 0 Å². The van der Waals surface area contributed by atoms with E-state index in [0.29, 0.717) is 5.75 Å². The number of aliphatic hydroxyl groups is 2. The van der Waals surface area contributed by atoms with Gasteiger partial charge in [0.2, 0.25) is 0 Å². The Kier molecular flexibility index (Phi) is 4.73. The van der Waals surface area contributed by atoms with Crippen LogP contribution in [0.4, 0.5) is 5.69 Å². The molecule has 7 heteroatoms. The van der Waals surface area contributed by atoms with Crippen LogP contribution in [-0.4, -0.2) is 34.1 Å². The van der Waals surface area contributed by atoms with Gasteiger partial charge in [-0.15, -0.1) is 0 Å². The summed E-state index contributed by atoms with van der Waals surface area (Å²) in [5.41, 5.74) is -0.255. The predicted molar refractivity (Wildman–Crippen MR) is 64.5 cm³/mol. The number of nitrogens with zero attached hydrogens (tertiary/aromatic N) is 1. The van der Waals surface area contributed by atoms with Gasteiger partial charge in [-0.05, 0) is 12.1 Å². The predicted octanol–water partition coefficient (Wildman–Crippen LogP) is 0.927. The van der Waals surface area contributed by atoms with Crippen molar-refractivity contribution in [3.63, 3.8) is 0 Å². The maximum atomic E-state index is 10.8. The highest BCUT2D eigenvalue weighted by Gasteiger charge is 2.26. The number of methoxy groups -OCH3 is 1. The van der Waals surface area contributed by atoms with Gasteiger partial charge in [0.1, 0.15) is 11.9 Å². The number of rotatable bonds is 5. The fourth-order valence-corrected chi connectivity index (χ4v) is 1.57. The molecule has 0 spiro atoms. The van der Waals surface area contributed by atoms with Crippen molar-refractivity contribution in [3.8, 4) is 5.75 Å². The average Bonchev–Trinajstić information content (AvgIpc) is 2.35. The molecule has 0 aromatic heterocycles. The monoisotopic (exact) mass is 259 g/mol. The Morgan fingerprint density at radius 3 is 2.65 bits per heavy atom. The van der Waals surface area contributed by atoms with Crippen molar-refractivity contribution in [1.82, 2.24) is 0 Å². The number of benzene rings is 1. The molecule has 0 radical (unpaired) electrons. The average molecular weight is 259 g/mol. The largest absolute Gasteiger partial charge is 0.497 e. The Labute approximate surface area is 103 Å². The lowest BCUT2D eigenvalue weighted by Gasteiger charge is -2.16. The third-order valence-corrected chi connectivity index (χ3v) is 2.68. The van der Waals surface area contributed by atoms with Crippen LogP contribution in [0.25, 0.3) is 0 Å². The van der Waals surface area contributed by atoms with Gasteiger partial charge < -0.3 is 14.9 Å². The molecular formula is C10H13NO5S. The van der Waals surface area contributed by atoms with Crippen LogP contribution in [0.3, 0.4) is 0 Å². The van der Waals surface area contributed by atoms with Gasteiger partial charge in [0.25, 0.3) is 5.69 Å². The Morgan fingerprint density at radius 1 is 1.53 bits per heavy atom. The summed E-state index contributed by atoms with van der Waals surface area (Å²) in [6.45, 7) is 0. The number of nitro groups is 1. The van der Waals surface area contributed by atoms with Crippen molar-refractivity contribution < 1.29 is 19.9 Å². The molecule has 1 aromatic rings. The highest BCUT2D eigenvalue weighted by Crippen LogP contribution is 2.31. The van der Waals surface area contributed by atoms with E-state index in [2.05, 4.69) is 12.6 Å². The number of hydrogen-bond acceptors (Lipinski definition) is 6. The molecule has 0 bridgehead atoms. The molecule has 17 heavy (non-hydrogen) atoms. The number of hydrogen-bond donors (Lipinski definition) is 3. The molecule has 94 valence electrons. The van der Waals surface area contributed by atoms with E-state index in [1.54, 1.807) is 0 Å². The molecule has 1 aromatic carbocycles. The molecule has 0 heterocycles. The second-order valence-corrected chi connectivity index (χ2v) is 3.74. The van der Waals surface area contributed by atoms with E-state index in [0.717, 1.165) is 0 Å². The maximum absolute atomic E-state index is 10.8. The van der Waals surface area contributed by atoms with Gasteiger partial charge in [0.15, 0.2) is 0 Å². The van der Waals surface area contributed by atoms with E-state index in [-0.39, 0.29) is 17.0 Å². The van der Waals surface area contributed by atoms with Crippen LogP contribution in [0.2, 0.25) is 0 Å². The summed E-state index contributed by atoms with van der Waals surface area (Å²) in [7, 11) is 1.41. The van der Waals surface area contributed by atoms with Crippen LogP contribution in [0.1, 0.15) is 11.7 Å². The molecule has 2 unspecified atom stereocenters. The number of ether oxygens (including phenoxy) is 1. The van der Waals surface area contributed by atoms with Crippen molar-refractivity contribution in [2.45, 2.75) is 12.2 Å². The van der Waals surface area contributed by atoms with Gasteiger partial charge in [0, 0.05) is 11.8 Å². The smallest absolute Gasteiger partial charge is 0.275 e. The van der Waals surface area contributed by atoms with Crippen molar-refractivity contribution in [1.29, 1.82) is 0 Å². The first-order valence-corrected chi connectivity index (χ1v) is 5.43. The van der Waals surface area contributed by atoms with Crippen molar-refractivity contribution >= 4 is 18.3 Å². The summed E-state index contributed by atoms with van der Waals surface area (Å²) in [5, 5.41) is 30.0. The summed E-state index contributed by atoms with van der Waals surface area (Å²) in [6, 6.07) is 3.97. The van der Waals surface area contributed by atoms with Crippen LogP contribution >= 0.6 is 12.6 Å². The lowest BCUT2D eigenvalue weighted by molar-refractivity contribution is -0.386. The summed E-state index contributed by atoms with van der Waals surface area (Å²) in [4.78, 5) is 10.2. The van der Waals surface area contributed by atoms with E-state index in [1.807, 2.05) is 0 Å². The van der Waals surface area contributed by atoms with Crippen LogP contribution in [0, 0.1) is 10.1 Å². The molecule has 2 N–H and O–H groups in total. The Balaban J connectivity index is 3.21. The molecule has 0 saturated heterocycles. The molecule has 0 aliphatic heterocycles. The third kappa shape index (κ3) is 3.09. The van der Waals surface area contributed by atoms with Crippen LogP contribution in [-0.2, 0) is 0 Å². The van der Waals surface area contributed by atoms with Gasteiger partial charge >= 0.3 is 0 Å². The van der Waals surface area contributed by atoms with E-state index < -0.39 is 17.1 Å². The first kappa shape index (κ1) is 13.8. The second kappa shape index (κ2) is 5.85. The quantitative estimate of drug-likeness (QED) is 0.415. The Bertz CT molecular complexity index is 412. The summed E-state index contributed by atoms with van der Waals surface area (Å²) in [6.07, 6.45) is -2.55. The van der Waals surface area contributed by atoms with Gasteiger partial charge in [-0.1, -0.05) is 0 Å². The topological polar surface area (TPSA) is 92.8 Å². The second-order valence-electron chi connectivity index (χ2n) is 3.38. The summed E-state index contributed by atoms with van der Waals surface area (Å²) in [5.74, 6) is 0.367. The SMILES string of the molecule is COc1ccc([N+](=O)[O-])c(C(O)C(O)CS)c1. The van der Waals surface area contributed by atoms with Gasteiger partial charge in [-0.2, -0.15) is 12.6 Å². The number of thiol groups is 1. The summed E-state index contributed by atoms with van der Waals surface area (Å²) < 4.78 is 4.92.